The highest BCUT2D eigenvalue weighted by Crippen LogP contribution is 2.42. The molecule has 0 saturated carbocycles. The molecule has 4 aromatic rings. The molecule has 3 unspecified atom stereocenters. The molecule has 2 bridgehead atoms. The normalized spacial score (nSPS) is 25.7. The number of benzene rings is 2. The van der Waals surface area contributed by atoms with Gasteiger partial charge in [-0.05, 0) is 57.0 Å². The summed E-state index contributed by atoms with van der Waals surface area (Å²) in [6.07, 6.45) is 14.9. The van der Waals surface area contributed by atoms with Gasteiger partial charge in [-0.1, -0.05) is 41.8 Å². The van der Waals surface area contributed by atoms with Crippen molar-refractivity contribution < 1.29 is 13.5 Å². The van der Waals surface area contributed by atoms with Crippen LogP contribution < -0.4 is 15.0 Å². The van der Waals surface area contributed by atoms with Crippen LogP contribution in [-0.2, 0) is 0 Å². The number of anilines is 1. The van der Waals surface area contributed by atoms with Gasteiger partial charge < -0.3 is 15.0 Å². The zero-order valence-electron chi connectivity index (χ0n) is 24.7. The molecule has 4 aliphatic rings. The number of rotatable bonds is 5. The van der Waals surface area contributed by atoms with E-state index in [4.69, 9.17) is 16.1 Å². The minimum Gasteiger partial charge on any atom is -0.461 e. The van der Waals surface area contributed by atoms with Crippen LogP contribution in [0.3, 0.4) is 0 Å². The van der Waals surface area contributed by atoms with Crippen LogP contribution in [0.4, 0.5) is 14.6 Å². The van der Waals surface area contributed by atoms with Crippen molar-refractivity contribution in [2.45, 2.75) is 56.7 Å². The van der Waals surface area contributed by atoms with Crippen molar-refractivity contribution in [1.29, 1.82) is 0 Å². The number of terminal acetylenes is 1. The molecule has 44 heavy (non-hydrogen) atoms. The summed E-state index contributed by atoms with van der Waals surface area (Å²) in [6.45, 7) is 6.07. The molecule has 3 atom stereocenters. The maximum absolute atomic E-state index is 16.8. The molecule has 0 spiro atoms. The van der Waals surface area contributed by atoms with Gasteiger partial charge in [-0.2, -0.15) is 9.97 Å². The zero-order valence-corrected chi connectivity index (χ0v) is 24.7. The lowest BCUT2D eigenvalue weighted by atomic mass is 9.93. The number of ether oxygens (including phenoxy) is 1. The number of piperazine rings is 1. The van der Waals surface area contributed by atoms with E-state index < -0.39 is 11.6 Å². The van der Waals surface area contributed by atoms with Gasteiger partial charge in [0.05, 0.1) is 16.5 Å². The van der Waals surface area contributed by atoms with Crippen molar-refractivity contribution in [3.05, 3.63) is 65.4 Å². The lowest BCUT2D eigenvalue weighted by molar-refractivity contribution is 0.108. The van der Waals surface area contributed by atoms with Crippen LogP contribution in [0.2, 0.25) is 0 Å². The predicted molar refractivity (Wildman–Crippen MR) is 168 cm³/mol. The molecular formula is C35H34F2N6O. The lowest BCUT2D eigenvalue weighted by Crippen LogP contribution is -2.51. The number of aromatic nitrogens is 3. The summed E-state index contributed by atoms with van der Waals surface area (Å²) in [5, 5.41) is 5.35. The van der Waals surface area contributed by atoms with E-state index in [1.165, 1.54) is 11.6 Å². The first-order chi connectivity index (χ1) is 21.5. The highest BCUT2D eigenvalue weighted by atomic mass is 19.1. The second kappa shape index (κ2) is 10.5. The third-order valence-corrected chi connectivity index (χ3v) is 10.1. The topological polar surface area (TPSA) is 66.4 Å². The largest absolute Gasteiger partial charge is 0.461 e. The van der Waals surface area contributed by atoms with Gasteiger partial charge in [0.25, 0.3) is 0 Å². The van der Waals surface area contributed by atoms with Gasteiger partial charge in [0.1, 0.15) is 29.5 Å². The van der Waals surface area contributed by atoms with E-state index in [-0.39, 0.29) is 28.3 Å². The van der Waals surface area contributed by atoms with Crippen molar-refractivity contribution in [3.8, 4) is 29.6 Å². The second-order valence-electron chi connectivity index (χ2n) is 12.7. The molecule has 0 aliphatic carbocycles. The summed E-state index contributed by atoms with van der Waals surface area (Å²) in [6, 6.07) is 9.21. The number of hydrogen-bond donors (Lipinski definition) is 1. The van der Waals surface area contributed by atoms with Crippen molar-refractivity contribution in [3.63, 3.8) is 0 Å². The van der Waals surface area contributed by atoms with Gasteiger partial charge in [-0.3, -0.25) is 9.88 Å². The van der Waals surface area contributed by atoms with Crippen LogP contribution in [0.15, 0.2) is 48.2 Å². The molecule has 1 N–H and O–H groups in total. The molecule has 8 rings (SSSR count). The summed E-state index contributed by atoms with van der Waals surface area (Å²) < 4.78 is 38.0. The Labute approximate surface area is 255 Å². The number of hydrogen-bond acceptors (Lipinski definition) is 7. The van der Waals surface area contributed by atoms with Crippen LogP contribution in [0.5, 0.6) is 6.01 Å². The van der Waals surface area contributed by atoms with Crippen molar-refractivity contribution in [2.75, 3.05) is 37.7 Å². The first kappa shape index (κ1) is 27.4. The van der Waals surface area contributed by atoms with E-state index in [1.807, 2.05) is 6.07 Å². The standard InChI is InChI=1S/C35H34F2N6O/c1-3-21-15-35(13-6-14-43(35)17-21)20-44-34-40-32-27(33(41-34)42-18-23-10-11-24(19-42)39-23)16-38-31(30(32)37)26-8-5-7-22-9-12-28(36)25(4-2)29(22)26/h2-3,5,7-9,12,16,23-24,39H,6,10-11,13-15,17-20H2,1H3/b21-3+. The molecular weight excluding hydrogens is 558 g/mol. The fourth-order valence-electron chi connectivity index (χ4n) is 7.95. The minimum atomic E-state index is -0.605. The Bertz CT molecular complexity index is 1870. The van der Waals surface area contributed by atoms with Crippen LogP contribution >= 0.6 is 0 Å². The number of nitrogens with zero attached hydrogens (tertiary/aromatic N) is 5. The fourth-order valence-corrected chi connectivity index (χ4v) is 7.95. The maximum Gasteiger partial charge on any atom is 0.319 e. The minimum absolute atomic E-state index is 0.0651. The Balaban J connectivity index is 1.26. The molecule has 2 aromatic carbocycles. The first-order valence-electron chi connectivity index (χ1n) is 15.5. The van der Waals surface area contributed by atoms with Gasteiger partial charge in [0.15, 0.2) is 5.82 Å². The number of halogens is 2. The Morgan fingerprint density at radius 1 is 1.16 bits per heavy atom. The first-order valence-corrected chi connectivity index (χ1v) is 15.5. The summed E-state index contributed by atoms with van der Waals surface area (Å²) in [4.78, 5) is 18.9. The number of fused-ring (bicyclic) bond motifs is 5. The Kier molecular flexibility index (Phi) is 6.54. The van der Waals surface area contributed by atoms with E-state index in [0.717, 1.165) is 58.3 Å². The van der Waals surface area contributed by atoms with Crippen LogP contribution in [0, 0.1) is 24.0 Å². The molecule has 6 heterocycles. The lowest BCUT2D eigenvalue weighted by Gasteiger charge is -2.34. The van der Waals surface area contributed by atoms with Crippen LogP contribution in [-0.4, -0.2) is 70.3 Å². The smallest absolute Gasteiger partial charge is 0.319 e. The zero-order chi connectivity index (χ0) is 30.0. The van der Waals surface area contributed by atoms with Gasteiger partial charge in [0, 0.05) is 48.9 Å². The summed E-state index contributed by atoms with van der Waals surface area (Å²) >= 11 is 0. The van der Waals surface area contributed by atoms with Crippen molar-refractivity contribution in [1.82, 2.24) is 25.2 Å². The molecule has 4 saturated heterocycles. The number of allylic oxidation sites excluding steroid dienone is 1. The number of nitrogens with one attached hydrogen (secondary N) is 1. The third kappa shape index (κ3) is 4.34. The molecule has 2 aromatic heterocycles. The summed E-state index contributed by atoms with van der Waals surface area (Å²) in [5.41, 5.74) is 2.04. The Hall–Kier alpha value is -4.13. The van der Waals surface area contributed by atoms with Crippen LogP contribution in [0.1, 0.15) is 44.6 Å². The second-order valence-corrected chi connectivity index (χ2v) is 12.7. The van der Waals surface area contributed by atoms with E-state index >= 15 is 4.39 Å². The van der Waals surface area contributed by atoms with Crippen molar-refractivity contribution >= 4 is 27.5 Å². The quantitative estimate of drug-likeness (QED) is 0.239. The SMILES string of the molecule is C#Cc1c(F)ccc2cccc(-c3ncc4c(N5CC6CCC(C5)N6)nc(OCC56CCCN5C/C(=C/C)C6)nc4c3F)c12. The molecule has 7 nitrogen and oxygen atoms in total. The molecule has 0 amide bonds. The monoisotopic (exact) mass is 592 g/mol. The molecule has 4 aliphatic heterocycles. The average Bonchev–Trinajstić information content (AvgIpc) is 3.71. The summed E-state index contributed by atoms with van der Waals surface area (Å²) in [5.74, 6) is 1.96. The van der Waals surface area contributed by atoms with E-state index in [1.54, 1.807) is 24.4 Å². The Morgan fingerprint density at radius 3 is 2.80 bits per heavy atom. The highest BCUT2D eigenvalue weighted by Gasteiger charge is 2.47. The van der Waals surface area contributed by atoms with Gasteiger partial charge in [-0.25, -0.2) is 8.78 Å². The molecule has 9 heteroatoms. The number of pyridine rings is 1. The summed E-state index contributed by atoms with van der Waals surface area (Å²) in [7, 11) is 0. The fraction of sp³-hybridized carbons (Fsp3) is 0.400. The average molecular weight is 593 g/mol. The van der Waals surface area contributed by atoms with E-state index in [2.05, 4.69) is 44.0 Å². The molecule has 224 valence electrons. The molecule has 0 radical (unpaired) electrons. The van der Waals surface area contributed by atoms with E-state index in [9.17, 15) is 4.39 Å². The van der Waals surface area contributed by atoms with E-state index in [0.29, 0.717) is 46.2 Å². The van der Waals surface area contributed by atoms with Gasteiger partial charge in [-0.15, -0.1) is 6.42 Å². The van der Waals surface area contributed by atoms with Gasteiger partial charge in [0.2, 0.25) is 0 Å². The molecule has 4 fully saturated rings. The van der Waals surface area contributed by atoms with Crippen LogP contribution in [0.25, 0.3) is 32.9 Å². The third-order valence-electron chi connectivity index (χ3n) is 10.1. The van der Waals surface area contributed by atoms with Crippen molar-refractivity contribution in [2.24, 2.45) is 0 Å². The Morgan fingerprint density at radius 2 is 2.00 bits per heavy atom. The highest BCUT2D eigenvalue weighted by molar-refractivity contribution is 6.02. The van der Waals surface area contributed by atoms with Gasteiger partial charge >= 0.3 is 6.01 Å². The predicted octanol–water partition coefficient (Wildman–Crippen LogP) is 5.61. The maximum atomic E-state index is 16.8.